The highest BCUT2D eigenvalue weighted by atomic mass is 79.9. The topological polar surface area (TPSA) is 24.7 Å². The van der Waals surface area contributed by atoms with Gasteiger partial charge in [0.25, 0.3) is 0 Å². The lowest BCUT2D eigenvalue weighted by molar-refractivity contribution is 0.627. The maximum atomic E-state index is 12.8. The summed E-state index contributed by atoms with van der Waals surface area (Å²) >= 11 is 3.18. The van der Waals surface area contributed by atoms with Crippen LogP contribution in [0.4, 0.5) is 10.1 Å². The van der Waals surface area contributed by atoms with Gasteiger partial charge in [0.05, 0.1) is 12.2 Å². The van der Waals surface area contributed by atoms with Crippen LogP contribution in [0.2, 0.25) is 0 Å². The van der Waals surface area contributed by atoms with Gasteiger partial charge in [-0.3, -0.25) is 0 Å². The van der Waals surface area contributed by atoms with Gasteiger partial charge in [0.1, 0.15) is 5.82 Å². The van der Waals surface area contributed by atoms with Gasteiger partial charge in [-0.2, -0.15) is 10.2 Å². The lowest BCUT2D eigenvalue weighted by atomic mass is 10.3. The van der Waals surface area contributed by atoms with Gasteiger partial charge in [0, 0.05) is 10.5 Å². The second kappa shape index (κ2) is 5.07. The summed E-state index contributed by atoms with van der Waals surface area (Å²) in [5, 5.41) is 7.75. The van der Waals surface area contributed by atoms with Gasteiger partial charge in [-0.05, 0) is 18.6 Å². The van der Waals surface area contributed by atoms with Crippen LogP contribution in [0.5, 0.6) is 0 Å². The van der Waals surface area contributed by atoms with E-state index >= 15 is 0 Å². The van der Waals surface area contributed by atoms with Gasteiger partial charge in [-0.15, -0.1) is 0 Å². The molecule has 0 spiro atoms. The average molecular weight is 245 g/mol. The maximum absolute atomic E-state index is 12.8. The Hall–Kier alpha value is -0.770. The fraction of sp³-hybridized carbons (Fsp3) is 0.333. The summed E-state index contributed by atoms with van der Waals surface area (Å²) in [7, 11) is 0. The summed E-state index contributed by atoms with van der Waals surface area (Å²) in [6.07, 6.45) is 0.944. The minimum atomic E-state index is -0.306. The van der Waals surface area contributed by atoms with Crippen LogP contribution in [0, 0.1) is 5.82 Å². The van der Waals surface area contributed by atoms with Gasteiger partial charge in [-0.1, -0.05) is 22.9 Å². The van der Waals surface area contributed by atoms with Crippen LogP contribution in [0.1, 0.15) is 13.3 Å². The summed E-state index contributed by atoms with van der Waals surface area (Å²) in [6.45, 7) is 2.69. The standard InChI is InChI=1S/C9H10BrFN2/c1-2-3-12-13-9-5-7(10)4-8(11)6-9/h4-6H,2-3H2,1H3. The molecule has 70 valence electrons. The van der Waals surface area contributed by atoms with E-state index in [4.69, 9.17) is 0 Å². The number of hydrogen-bond donors (Lipinski definition) is 0. The zero-order valence-electron chi connectivity index (χ0n) is 7.30. The fourth-order valence-corrected chi connectivity index (χ4v) is 1.28. The first kappa shape index (κ1) is 10.3. The van der Waals surface area contributed by atoms with Gasteiger partial charge in [-0.25, -0.2) is 4.39 Å². The number of nitrogens with zero attached hydrogens (tertiary/aromatic N) is 2. The Kier molecular flexibility index (Phi) is 4.02. The summed E-state index contributed by atoms with van der Waals surface area (Å²) in [5.74, 6) is -0.306. The third-order valence-electron chi connectivity index (χ3n) is 1.36. The molecule has 0 aliphatic heterocycles. The normalized spacial score (nSPS) is 11.0. The van der Waals surface area contributed by atoms with Crippen LogP contribution in [0.15, 0.2) is 32.9 Å². The quantitative estimate of drug-likeness (QED) is 0.716. The number of azo groups is 1. The average Bonchev–Trinajstić information content (AvgIpc) is 2.03. The van der Waals surface area contributed by atoms with E-state index in [1.54, 1.807) is 6.07 Å². The Morgan fingerprint density at radius 2 is 2.15 bits per heavy atom. The van der Waals surface area contributed by atoms with Gasteiger partial charge < -0.3 is 0 Å². The van der Waals surface area contributed by atoms with Crippen molar-refractivity contribution in [2.24, 2.45) is 10.2 Å². The molecule has 0 unspecified atom stereocenters. The molecule has 0 N–H and O–H groups in total. The maximum Gasteiger partial charge on any atom is 0.126 e. The Balaban J connectivity index is 2.77. The molecule has 4 heteroatoms. The van der Waals surface area contributed by atoms with E-state index in [0.29, 0.717) is 16.7 Å². The Morgan fingerprint density at radius 1 is 1.38 bits per heavy atom. The van der Waals surface area contributed by atoms with Crippen molar-refractivity contribution in [1.82, 2.24) is 0 Å². The highest BCUT2D eigenvalue weighted by Gasteiger charge is 1.96. The van der Waals surface area contributed by atoms with Crippen molar-refractivity contribution in [2.75, 3.05) is 6.54 Å². The molecule has 0 saturated heterocycles. The van der Waals surface area contributed by atoms with Crippen molar-refractivity contribution < 1.29 is 4.39 Å². The molecule has 1 aromatic rings. The molecule has 1 rings (SSSR count). The van der Waals surface area contributed by atoms with E-state index in [-0.39, 0.29) is 5.82 Å². The third-order valence-corrected chi connectivity index (χ3v) is 1.81. The molecular weight excluding hydrogens is 235 g/mol. The number of halogens is 2. The molecule has 0 saturated carbocycles. The van der Waals surface area contributed by atoms with Crippen molar-refractivity contribution in [2.45, 2.75) is 13.3 Å². The number of hydrogen-bond acceptors (Lipinski definition) is 2. The van der Waals surface area contributed by atoms with E-state index in [1.165, 1.54) is 12.1 Å². The second-order valence-electron chi connectivity index (χ2n) is 2.59. The number of rotatable bonds is 3. The molecule has 0 atom stereocenters. The largest absolute Gasteiger partial charge is 0.207 e. The van der Waals surface area contributed by atoms with E-state index in [0.717, 1.165) is 6.42 Å². The van der Waals surface area contributed by atoms with Gasteiger partial charge >= 0.3 is 0 Å². The van der Waals surface area contributed by atoms with Crippen molar-refractivity contribution >= 4 is 21.6 Å². The predicted molar refractivity (Wildman–Crippen MR) is 53.8 cm³/mol. The summed E-state index contributed by atoms with van der Waals surface area (Å²) in [5.41, 5.74) is 0.542. The number of benzene rings is 1. The smallest absolute Gasteiger partial charge is 0.126 e. The molecule has 0 fully saturated rings. The van der Waals surface area contributed by atoms with Crippen molar-refractivity contribution in [3.8, 4) is 0 Å². The zero-order valence-corrected chi connectivity index (χ0v) is 8.88. The van der Waals surface area contributed by atoms with Gasteiger partial charge in [0.15, 0.2) is 0 Å². The van der Waals surface area contributed by atoms with Crippen LogP contribution in [-0.4, -0.2) is 6.54 Å². The lowest BCUT2D eigenvalue weighted by Crippen LogP contribution is -1.75. The summed E-state index contributed by atoms with van der Waals surface area (Å²) < 4.78 is 13.5. The van der Waals surface area contributed by atoms with E-state index in [1.807, 2.05) is 6.92 Å². The first-order valence-electron chi connectivity index (χ1n) is 4.06. The second-order valence-corrected chi connectivity index (χ2v) is 3.51. The molecule has 0 aliphatic carbocycles. The molecule has 1 aromatic carbocycles. The van der Waals surface area contributed by atoms with Crippen molar-refractivity contribution in [3.05, 3.63) is 28.5 Å². The monoisotopic (exact) mass is 244 g/mol. The van der Waals surface area contributed by atoms with Crippen LogP contribution in [0.3, 0.4) is 0 Å². The molecule has 13 heavy (non-hydrogen) atoms. The molecule has 0 radical (unpaired) electrons. The molecule has 2 nitrogen and oxygen atoms in total. The van der Waals surface area contributed by atoms with Crippen LogP contribution in [0.25, 0.3) is 0 Å². The summed E-state index contributed by atoms with van der Waals surface area (Å²) in [4.78, 5) is 0. The van der Waals surface area contributed by atoms with Crippen LogP contribution < -0.4 is 0 Å². The zero-order chi connectivity index (χ0) is 9.68. The van der Waals surface area contributed by atoms with E-state index in [9.17, 15) is 4.39 Å². The Morgan fingerprint density at radius 3 is 2.77 bits per heavy atom. The fourth-order valence-electron chi connectivity index (χ4n) is 0.829. The first-order valence-corrected chi connectivity index (χ1v) is 4.85. The molecule has 0 heterocycles. The Labute approximate surface area is 85.0 Å². The highest BCUT2D eigenvalue weighted by Crippen LogP contribution is 2.21. The molecular formula is C9H10BrFN2. The summed E-state index contributed by atoms with van der Waals surface area (Å²) in [6, 6.07) is 4.46. The van der Waals surface area contributed by atoms with Crippen molar-refractivity contribution in [1.29, 1.82) is 0 Å². The molecule has 0 aromatic heterocycles. The predicted octanol–water partition coefficient (Wildman–Crippen LogP) is 4.08. The van der Waals surface area contributed by atoms with Gasteiger partial charge in [0.2, 0.25) is 0 Å². The Bertz CT molecular complexity index is 292. The van der Waals surface area contributed by atoms with E-state index in [2.05, 4.69) is 26.2 Å². The molecule has 0 aliphatic rings. The lowest BCUT2D eigenvalue weighted by Gasteiger charge is -1.94. The van der Waals surface area contributed by atoms with E-state index < -0.39 is 0 Å². The van der Waals surface area contributed by atoms with Crippen molar-refractivity contribution in [3.63, 3.8) is 0 Å². The van der Waals surface area contributed by atoms with Crippen LogP contribution in [-0.2, 0) is 0 Å². The highest BCUT2D eigenvalue weighted by molar-refractivity contribution is 9.10. The first-order chi connectivity index (χ1) is 6.22. The van der Waals surface area contributed by atoms with Crippen LogP contribution >= 0.6 is 15.9 Å². The molecule has 0 amide bonds. The minimum absolute atomic E-state index is 0.306. The molecule has 0 bridgehead atoms. The minimum Gasteiger partial charge on any atom is -0.207 e. The SMILES string of the molecule is CCCN=Nc1cc(F)cc(Br)c1. The third kappa shape index (κ3) is 3.63.